The highest BCUT2D eigenvalue weighted by molar-refractivity contribution is 7.85. The van der Waals surface area contributed by atoms with Crippen LogP contribution in [0.5, 0.6) is 11.5 Å². The summed E-state index contributed by atoms with van der Waals surface area (Å²) in [6.45, 7) is 0. The van der Waals surface area contributed by atoms with Crippen LogP contribution in [0.25, 0.3) is 0 Å². The van der Waals surface area contributed by atoms with Crippen molar-refractivity contribution in [1.29, 1.82) is 0 Å². The standard InChI is InChI=1S/C18H18N2O4S/c19-13-9-11-18(20,12-10-13)16-3-1-2-4-17(16)24-14-5-7-15(8-6-14)25(21,22)23/h1-11H,12,19-20H2,(H,21,22,23). The van der Waals surface area contributed by atoms with E-state index in [0.717, 1.165) is 5.56 Å². The number of nitrogens with two attached hydrogens (primary N) is 2. The van der Waals surface area contributed by atoms with Gasteiger partial charge in [-0.3, -0.25) is 4.55 Å². The summed E-state index contributed by atoms with van der Waals surface area (Å²) in [5.41, 5.74) is 13.0. The molecule has 0 aromatic heterocycles. The SMILES string of the molecule is NC1=CCC(N)(c2ccccc2Oc2ccc(S(=O)(=O)O)cc2)C=C1. The summed E-state index contributed by atoms with van der Waals surface area (Å²) in [5, 5.41) is 0. The molecule has 6 nitrogen and oxygen atoms in total. The van der Waals surface area contributed by atoms with Gasteiger partial charge in [0.15, 0.2) is 0 Å². The van der Waals surface area contributed by atoms with E-state index in [2.05, 4.69) is 0 Å². The molecule has 2 aromatic rings. The molecule has 0 heterocycles. The highest BCUT2D eigenvalue weighted by Gasteiger charge is 2.28. The lowest BCUT2D eigenvalue weighted by Gasteiger charge is -2.29. The molecule has 1 unspecified atom stereocenters. The smallest absolute Gasteiger partial charge is 0.294 e. The second-order valence-corrected chi connectivity index (χ2v) is 7.25. The van der Waals surface area contributed by atoms with Crippen LogP contribution in [0.15, 0.2) is 77.4 Å². The van der Waals surface area contributed by atoms with Gasteiger partial charge in [-0.2, -0.15) is 8.42 Å². The molecule has 1 atom stereocenters. The Labute approximate surface area is 146 Å². The van der Waals surface area contributed by atoms with Crippen molar-refractivity contribution in [2.24, 2.45) is 11.5 Å². The van der Waals surface area contributed by atoms with Crippen LogP contribution in [-0.2, 0) is 15.7 Å². The highest BCUT2D eigenvalue weighted by Crippen LogP contribution is 2.36. The first-order chi connectivity index (χ1) is 11.8. The number of para-hydroxylation sites is 1. The van der Waals surface area contributed by atoms with E-state index < -0.39 is 15.7 Å². The number of rotatable bonds is 4. The van der Waals surface area contributed by atoms with Crippen molar-refractivity contribution < 1.29 is 17.7 Å². The van der Waals surface area contributed by atoms with Gasteiger partial charge in [0.1, 0.15) is 11.5 Å². The average molecular weight is 358 g/mol. The van der Waals surface area contributed by atoms with Crippen molar-refractivity contribution in [2.45, 2.75) is 16.9 Å². The monoisotopic (exact) mass is 358 g/mol. The molecule has 0 saturated heterocycles. The Hall–Kier alpha value is -2.61. The van der Waals surface area contributed by atoms with E-state index in [4.69, 9.17) is 20.8 Å². The normalized spacial score (nSPS) is 20.2. The van der Waals surface area contributed by atoms with Crippen molar-refractivity contribution in [1.82, 2.24) is 0 Å². The molecule has 2 aromatic carbocycles. The quantitative estimate of drug-likeness (QED) is 0.724. The fraction of sp³-hybridized carbons (Fsp3) is 0.111. The van der Waals surface area contributed by atoms with E-state index in [-0.39, 0.29) is 4.90 Å². The maximum Gasteiger partial charge on any atom is 0.294 e. The molecule has 1 aliphatic carbocycles. The van der Waals surface area contributed by atoms with Gasteiger partial charge in [-0.25, -0.2) is 0 Å². The molecule has 0 spiro atoms. The molecule has 5 N–H and O–H groups in total. The minimum Gasteiger partial charge on any atom is -0.457 e. The third kappa shape index (κ3) is 3.74. The van der Waals surface area contributed by atoms with E-state index in [0.29, 0.717) is 23.6 Å². The predicted molar refractivity (Wildman–Crippen MR) is 94.7 cm³/mol. The number of allylic oxidation sites excluding steroid dienone is 1. The highest BCUT2D eigenvalue weighted by atomic mass is 32.2. The second-order valence-electron chi connectivity index (χ2n) is 5.83. The van der Waals surface area contributed by atoms with Gasteiger partial charge in [0.25, 0.3) is 10.1 Å². The lowest BCUT2D eigenvalue weighted by Crippen LogP contribution is -2.36. The van der Waals surface area contributed by atoms with E-state index in [1.165, 1.54) is 24.3 Å². The molecule has 0 bridgehead atoms. The number of hydrogen-bond acceptors (Lipinski definition) is 5. The van der Waals surface area contributed by atoms with Gasteiger partial charge >= 0.3 is 0 Å². The van der Waals surface area contributed by atoms with Crippen molar-refractivity contribution >= 4 is 10.1 Å². The van der Waals surface area contributed by atoms with Gasteiger partial charge in [-0.05, 0) is 42.8 Å². The van der Waals surface area contributed by atoms with E-state index in [1.54, 1.807) is 12.1 Å². The number of benzene rings is 2. The number of ether oxygens (including phenoxy) is 1. The van der Waals surface area contributed by atoms with Crippen molar-refractivity contribution in [3.8, 4) is 11.5 Å². The zero-order valence-corrected chi connectivity index (χ0v) is 14.1. The Morgan fingerprint density at radius 3 is 2.36 bits per heavy atom. The van der Waals surface area contributed by atoms with Crippen LogP contribution in [-0.4, -0.2) is 13.0 Å². The number of hydrogen-bond donors (Lipinski definition) is 3. The van der Waals surface area contributed by atoms with Gasteiger partial charge in [0.05, 0.1) is 10.4 Å². The van der Waals surface area contributed by atoms with Crippen molar-refractivity contribution in [3.05, 3.63) is 78.0 Å². The minimum atomic E-state index is -4.24. The summed E-state index contributed by atoms with van der Waals surface area (Å²) in [5.74, 6) is 0.987. The molecule has 0 fully saturated rings. The minimum absolute atomic E-state index is 0.195. The van der Waals surface area contributed by atoms with Crippen LogP contribution in [0, 0.1) is 0 Å². The van der Waals surface area contributed by atoms with Gasteiger partial charge in [-0.15, -0.1) is 0 Å². The average Bonchev–Trinajstić information content (AvgIpc) is 2.58. The summed E-state index contributed by atoms with van der Waals surface area (Å²) in [4.78, 5) is -0.195. The van der Waals surface area contributed by atoms with E-state index in [1.807, 2.05) is 30.4 Å². The molecule has 1 aliphatic rings. The van der Waals surface area contributed by atoms with Gasteiger partial charge in [-0.1, -0.05) is 30.4 Å². The Morgan fingerprint density at radius 2 is 1.76 bits per heavy atom. The second kappa shape index (κ2) is 6.36. The zero-order valence-electron chi connectivity index (χ0n) is 13.3. The molecule has 0 saturated carbocycles. The van der Waals surface area contributed by atoms with Gasteiger partial charge in [0.2, 0.25) is 0 Å². The topological polar surface area (TPSA) is 116 Å². The lowest BCUT2D eigenvalue weighted by molar-refractivity contribution is 0.451. The first-order valence-corrected chi connectivity index (χ1v) is 9.01. The maximum atomic E-state index is 11.1. The van der Waals surface area contributed by atoms with Crippen molar-refractivity contribution in [2.75, 3.05) is 0 Å². The molecule has 0 amide bonds. The predicted octanol–water partition coefficient (Wildman–Crippen LogP) is 2.68. The van der Waals surface area contributed by atoms with Crippen LogP contribution in [0.2, 0.25) is 0 Å². The Bertz CT molecular complexity index is 949. The van der Waals surface area contributed by atoms with Gasteiger partial charge < -0.3 is 16.2 Å². The first kappa shape index (κ1) is 17.2. The van der Waals surface area contributed by atoms with Crippen molar-refractivity contribution in [3.63, 3.8) is 0 Å². The molecule has 0 aliphatic heterocycles. The lowest BCUT2D eigenvalue weighted by atomic mass is 9.84. The fourth-order valence-corrected chi connectivity index (χ4v) is 3.09. The molecular formula is C18H18N2O4S. The van der Waals surface area contributed by atoms with Crippen LogP contribution >= 0.6 is 0 Å². The Kier molecular flexibility index (Phi) is 4.38. The fourth-order valence-electron chi connectivity index (χ4n) is 2.61. The summed E-state index contributed by atoms with van der Waals surface area (Å²) in [6, 6.07) is 12.8. The molecular weight excluding hydrogens is 340 g/mol. The molecule has 3 rings (SSSR count). The molecule has 25 heavy (non-hydrogen) atoms. The van der Waals surface area contributed by atoms with Crippen LogP contribution in [0.4, 0.5) is 0 Å². The summed E-state index contributed by atoms with van der Waals surface area (Å²) in [6.07, 6.45) is 6.00. The summed E-state index contributed by atoms with van der Waals surface area (Å²) in [7, 11) is -4.24. The Balaban J connectivity index is 1.91. The zero-order chi connectivity index (χ0) is 18.1. The van der Waals surface area contributed by atoms with Crippen LogP contribution < -0.4 is 16.2 Å². The van der Waals surface area contributed by atoms with Gasteiger partial charge in [0, 0.05) is 11.3 Å². The molecule has 7 heteroatoms. The molecule has 130 valence electrons. The first-order valence-electron chi connectivity index (χ1n) is 7.57. The third-order valence-electron chi connectivity index (χ3n) is 3.99. The van der Waals surface area contributed by atoms with E-state index in [9.17, 15) is 8.42 Å². The molecule has 0 radical (unpaired) electrons. The maximum absolute atomic E-state index is 11.1. The van der Waals surface area contributed by atoms with Crippen LogP contribution in [0.1, 0.15) is 12.0 Å². The Morgan fingerprint density at radius 1 is 1.08 bits per heavy atom. The third-order valence-corrected chi connectivity index (χ3v) is 4.85. The van der Waals surface area contributed by atoms with Crippen LogP contribution in [0.3, 0.4) is 0 Å². The summed E-state index contributed by atoms with van der Waals surface area (Å²) >= 11 is 0. The largest absolute Gasteiger partial charge is 0.457 e. The summed E-state index contributed by atoms with van der Waals surface area (Å²) < 4.78 is 37.1. The van der Waals surface area contributed by atoms with E-state index >= 15 is 0 Å².